The van der Waals surface area contributed by atoms with Crippen molar-refractivity contribution < 1.29 is 15.2 Å². The number of hydrogen-bond acceptors (Lipinski definition) is 0. The second-order valence-electron chi connectivity index (χ2n) is 12.4. The van der Waals surface area contributed by atoms with Crippen LogP contribution < -0.4 is 0 Å². The average Bonchev–Trinajstić information content (AvgIpc) is 2.91. The Labute approximate surface area is 243 Å². The maximum absolute atomic E-state index is 2.32. The molecule has 0 aliphatic rings. The van der Waals surface area contributed by atoms with E-state index >= 15 is 0 Å². The number of rotatable bonds is 33. The van der Waals surface area contributed by atoms with E-state index < -0.39 is 15.2 Å². The van der Waals surface area contributed by atoms with Gasteiger partial charge in [0.2, 0.25) is 0 Å². The molecule has 0 aliphatic carbocycles. The van der Waals surface area contributed by atoms with Crippen molar-refractivity contribution in [2.24, 2.45) is 0 Å². The van der Waals surface area contributed by atoms with E-state index in [1.54, 1.807) is 34.7 Å². The van der Waals surface area contributed by atoms with Gasteiger partial charge in [-0.25, -0.2) is 0 Å². The summed E-state index contributed by atoms with van der Waals surface area (Å²) in [5, 5.41) is 5.04. The van der Waals surface area contributed by atoms with Gasteiger partial charge in [0.25, 0.3) is 0 Å². The molecular weight excluding hydrogens is 483 g/mol. The average molecular weight is 559 g/mol. The first kappa shape index (κ1) is 37.6. The second-order valence-corrected chi connectivity index (χ2v) is 16.6. The zero-order valence-electron chi connectivity index (χ0n) is 26.8. The molecule has 0 saturated heterocycles. The zero-order chi connectivity index (χ0) is 26.9. The van der Waals surface area contributed by atoms with E-state index in [0.29, 0.717) is 0 Å². The Hall–Kier alpha value is 0.584. The van der Waals surface area contributed by atoms with Crippen molar-refractivity contribution in [1.29, 1.82) is 0 Å². The molecule has 224 valence electrons. The van der Waals surface area contributed by atoms with Gasteiger partial charge in [0, 0.05) is 0 Å². The summed E-state index contributed by atoms with van der Waals surface area (Å²) in [6, 6.07) is 0. The predicted octanol–water partition coefficient (Wildman–Crippen LogP) is 14.6. The molecule has 0 saturated carbocycles. The fraction of sp³-hybridized carbons (Fsp3) is 1.00. The summed E-state index contributed by atoms with van der Waals surface area (Å²) in [6.07, 6.45) is 44.8. The molecule has 0 unspecified atom stereocenters. The summed E-state index contributed by atoms with van der Waals surface area (Å²) in [5.74, 6) is 0. The van der Waals surface area contributed by atoms with Crippen molar-refractivity contribution in [2.75, 3.05) is 0 Å². The van der Waals surface area contributed by atoms with Crippen molar-refractivity contribution in [3.05, 3.63) is 0 Å². The van der Waals surface area contributed by atoms with Gasteiger partial charge in [0.05, 0.1) is 0 Å². The third kappa shape index (κ3) is 32.7. The van der Waals surface area contributed by atoms with Gasteiger partial charge in [-0.2, -0.15) is 0 Å². The first-order valence-electron chi connectivity index (χ1n) is 18.1. The SMILES string of the molecule is CCCCCCCCCCC[CH2][V]([CH2]CCCCCCCCCCC)[CH2]CCCCCCCCCCC. The minimum absolute atomic E-state index is 0.543. The Morgan fingerprint density at radius 1 is 0.216 bits per heavy atom. The van der Waals surface area contributed by atoms with Gasteiger partial charge in [-0.3, -0.25) is 0 Å². The first-order chi connectivity index (χ1) is 18.3. The van der Waals surface area contributed by atoms with Crippen LogP contribution in [-0.4, -0.2) is 0 Å². The van der Waals surface area contributed by atoms with Crippen LogP contribution in [0, 0.1) is 0 Å². The standard InChI is InChI=1S/3C12H25.V/c3*1-3-5-7-9-11-12-10-8-6-4-2;/h3*1,3-12H2,2H3;. The zero-order valence-corrected chi connectivity index (χ0v) is 28.2. The monoisotopic (exact) mass is 559 g/mol. The van der Waals surface area contributed by atoms with Crippen molar-refractivity contribution in [2.45, 2.75) is 229 Å². The molecular formula is C36H75V. The van der Waals surface area contributed by atoms with E-state index in [1.165, 1.54) is 173 Å². The van der Waals surface area contributed by atoms with Gasteiger partial charge in [0.15, 0.2) is 0 Å². The third-order valence-electron chi connectivity index (χ3n) is 8.48. The van der Waals surface area contributed by atoms with Crippen LogP contribution in [0.1, 0.15) is 213 Å². The molecule has 0 aliphatic heterocycles. The molecule has 0 aromatic rings. The normalized spacial score (nSPS) is 11.7. The van der Waals surface area contributed by atoms with Crippen LogP contribution in [0.5, 0.6) is 0 Å². The number of hydrogen-bond donors (Lipinski definition) is 0. The van der Waals surface area contributed by atoms with Gasteiger partial charge < -0.3 is 0 Å². The molecule has 37 heavy (non-hydrogen) atoms. The summed E-state index contributed by atoms with van der Waals surface area (Å²) >= 11 is -0.543. The topological polar surface area (TPSA) is 0 Å². The van der Waals surface area contributed by atoms with Crippen molar-refractivity contribution in [3.63, 3.8) is 0 Å². The summed E-state index contributed by atoms with van der Waals surface area (Å²) in [4.78, 5) is 0. The maximum atomic E-state index is 2.32. The molecule has 0 aromatic carbocycles. The van der Waals surface area contributed by atoms with Crippen LogP contribution in [0.3, 0.4) is 0 Å². The molecule has 0 heterocycles. The molecule has 1 heteroatoms. The molecule has 0 nitrogen and oxygen atoms in total. The van der Waals surface area contributed by atoms with Crippen LogP contribution in [0.15, 0.2) is 0 Å². The molecule has 0 bridgehead atoms. The molecule has 0 N–H and O–H groups in total. The molecule has 0 spiro atoms. The van der Waals surface area contributed by atoms with Crippen LogP contribution in [-0.2, 0) is 15.2 Å². The summed E-state index contributed by atoms with van der Waals surface area (Å²) in [5.41, 5.74) is 0. The van der Waals surface area contributed by atoms with Gasteiger partial charge in [-0.05, 0) is 0 Å². The van der Waals surface area contributed by atoms with Crippen molar-refractivity contribution in [3.8, 4) is 0 Å². The van der Waals surface area contributed by atoms with Crippen LogP contribution in [0.4, 0.5) is 0 Å². The van der Waals surface area contributed by atoms with E-state index in [2.05, 4.69) is 20.8 Å². The summed E-state index contributed by atoms with van der Waals surface area (Å²) in [7, 11) is 0. The molecule has 0 fully saturated rings. The quantitative estimate of drug-likeness (QED) is 0.0703. The van der Waals surface area contributed by atoms with Gasteiger partial charge in [0.1, 0.15) is 0 Å². The van der Waals surface area contributed by atoms with Gasteiger partial charge >= 0.3 is 244 Å². The number of unbranched alkanes of at least 4 members (excludes halogenated alkanes) is 27. The first-order valence-corrected chi connectivity index (χ1v) is 21.0. The Bertz CT molecular complexity index is 322. The van der Waals surface area contributed by atoms with E-state index in [0.717, 1.165) is 0 Å². The Morgan fingerprint density at radius 2 is 0.378 bits per heavy atom. The Morgan fingerprint density at radius 3 is 0.568 bits per heavy atom. The van der Waals surface area contributed by atoms with Gasteiger partial charge in [-0.1, -0.05) is 0 Å². The van der Waals surface area contributed by atoms with Crippen molar-refractivity contribution >= 4 is 0 Å². The fourth-order valence-electron chi connectivity index (χ4n) is 5.80. The van der Waals surface area contributed by atoms with Crippen LogP contribution >= 0.6 is 0 Å². The second kappa shape index (κ2) is 34.6. The Balaban J connectivity index is 3.87. The molecule has 0 amide bonds. The fourth-order valence-corrected chi connectivity index (χ4v) is 9.99. The third-order valence-corrected chi connectivity index (χ3v) is 12.9. The van der Waals surface area contributed by atoms with Crippen LogP contribution in [0.2, 0.25) is 15.4 Å². The van der Waals surface area contributed by atoms with Crippen molar-refractivity contribution in [1.82, 2.24) is 0 Å². The van der Waals surface area contributed by atoms with E-state index in [1.807, 2.05) is 0 Å². The molecule has 0 rings (SSSR count). The molecule has 0 radical (unpaired) electrons. The molecule has 0 aromatic heterocycles. The predicted molar refractivity (Wildman–Crippen MR) is 170 cm³/mol. The van der Waals surface area contributed by atoms with E-state index in [-0.39, 0.29) is 0 Å². The minimum atomic E-state index is -0.543. The summed E-state index contributed by atoms with van der Waals surface area (Å²) in [6.45, 7) is 6.97. The van der Waals surface area contributed by atoms with E-state index in [9.17, 15) is 0 Å². The summed E-state index contributed by atoms with van der Waals surface area (Å²) < 4.78 is 0. The van der Waals surface area contributed by atoms with Gasteiger partial charge in [-0.15, -0.1) is 0 Å². The van der Waals surface area contributed by atoms with Crippen LogP contribution in [0.25, 0.3) is 0 Å². The Kier molecular flexibility index (Phi) is 35.2. The molecule has 0 atom stereocenters. The van der Waals surface area contributed by atoms with E-state index in [4.69, 9.17) is 0 Å².